The first-order chi connectivity index (χ1) is 11.7. The van der Waals surface area contributed by atoms with Crippen LogP contribution in [-0.4, -0.2) is 39.7 Å². The summed E-state index contributed by atoms with van der Waals surface area (Å²) in [6.07, 6.45) is 1.74. The third-order valence-corrected chi connectivity index (χ3v) is 3.72. The molecule has 0 radical (unpaired) electrons. The molecule has 136 valence electrons. The molecule has 1 aromatic heterocycles. The number of carbonyl (C=O) groups excluding carboxylic acids is 1. The van der Waals surface area contributed by atoms with E-state index in [4.69, 9.17) is 4.42 Å². The number of hydrogen-bond donors (Lipinski definition) is 2. The highest BCUT2D eigenvalue weighted by atomic mass is 16.4. The molecule has 0 saturated heterocycles. The molecular weight excluding hydrogens is 318 g/mol. The molecule has 1 heterocycles. The van der Waals surface area contributed by atoms with E-state index in [0.29, 0.717) is 18.1 Å². The molecule has 0 atom stereocenters. The summed E-state index contributed by atoms with van der Waals surface area (Å²) >= 11 is 0. The summed E-state index contributed by atoms with van der Waals surface area (Å²) in [5.74, 6) is 1.70. The predicted octanol–water partition coefficient (Wildman–Crippen LogP) is 4.09. The van der Waals surface area contributed by atoms with Crippen molar-refractivity contribution in [2.75, 3.05) is 18.4 Å². The molecule has 2 aromatic rings. The van der Waals surface area contributed by atoms with Crippen LogP contribution in [0.2, 0.25) is 0 Å². The summed E-state index contributed by atoms with van der Waals surface area (Å²) in [6.45, 7) is 10.1. The number of nitrogens with one attached hydrogen (secondary N) is 1. The minimum atomic E-state index is -0.934. The lowest BCUT2D eigenvalue weighted by molar-refractivity contribution is 0.0501. The van der Waals surface area contributed by atoms with Crippen molar-refractivity contribution >= 4 is 11.7 Å². The van der Waals surface area contributed by atoms with Gasteiger partial charge in [-0.15, -0.1) is 0 Å². The van der Waals surface area contributed by atoms with Crippen LogP contribution in [0.3, 0.4) is 0 Å². The fraction of sp³-hybridized carbons (Fsp3) is 0.474. The minimum Gasteiger partial charge on any atom is -0.441 e. The van der Waals surface area contributed by atoms with Crippen LogP contribution >= 0.6 is 0 Å². The fourth-order valence-electron chi connectivity index (χ4n) is 2.38. The second-order valence-corrected chi connectivity index (χ2v) is 7.06. The Labute approximate surface area is 148 Å². The molecule has 6 nitrogen and oxygen atoms in total. The molecule has 6 heteroatoms. The number of likely N-dealkylation sites (N-methyl/N-ethyl adjacent to an activating group) is 1. The van der Waals surface area contributed by atoms with Gasteiger partial charge in [0.15, 0.2) is 0 Å². The summed E-state index contributed by atoms with van der Waals surface area (Å²) in [6, 6.07) is 7.10. The van der Waals surface area contributed by atoms with Crippen LogP contribution in [0.25, 0.3) is 11.5 Å². The highest BCUT2D eigenvalue weighted by Crippen LogP contribution is 2.24. The van der Waals surface area contributed by atoms with Crippen molar-refractivity contribution in [3.8, 4) is 11.5 Å². The van der Waals surface area contributed by atoms with Crippen molar-refractivity contribution in [2.45, 2.75) is 46.1 Å². The summed E-state index contributed by atoms with van der Waals surface area (Å²) in [5.41, 5.74) is 0.600. The number of oxazole rings is 1. The van der Waals surface area contributed by atoms with Crippen molar-refractivity contribution in [1.29, 1.82) is 0 Å². The zero-order valence-electron chi connectivity index (χ0n) is 15.5. The van der Waals surface area contributed by atoms with E-state index in [1.165, 1.54) is 0 Å². The third kappa shape index (κ3) is 5.32. The summed E-state index contributed by atoms with van der Waals surface area (Å²) in [5, 5.41) is 12.7. The average molecular weight is 345 g/mol. The minimum absolute atomic E-state index is 0.240. The van der Waals surface area contributed by atoms with Crippen molar-refractivity contribution in [2.24, 2.45) is 0 Å². The van der Waals surface area contributed by atoms with E-state index in [-0.39, 0.29) is 18.5 Å². The number of hydrogen-bond acceptors (Lipinski definition) is 4. The van der Waals surface area contributed by atoms with Gasteiger partial charge in [-0.2, -0.15) is 0 Å². The van der Waals surface area contributed by atoms with Gasteiger partial charge in [-0.05, 0) is 45.0 Å². The van der Waals surface area contributed by atoms with Gasteiger partial charge in [-0.1, -0.05) is 13.8 Å². The quantitative estimate of drug-likeness (QED) is 0.826. The van der Waals surface area contributed by atoms with Crippen LogP contribution in [0.5, 0.6) is 0 Å². The number of amides is 2. The van der Waals surface area contributed by atoms with Crippen LogP contribution in [-0.2, 0) is 0 Å². The Morgan fingerprint density at radius 2 is 1.96 bits per heavy atom. The largest absolute Gasteiger partial charge is 0.441 e. The molecule has 25 heavy (non-hydrogen) atoms. The van der Waals surface area contributed by atoms with E-state index >= 15 is 0 Å². The highest BCUT2D eigenvalue weighted by molar-refractivity contribution is 5.89. The number of benzene rings is 1. The second kappa shape index (κ2) is 7.70. The van der Waals surface area contributed by atoms with Gasteiger partial charge in [0.2, 0.25) is 5.89 Å². The van der Waals surface area contributed by atoms with Crippen molar-refractivity contribution < 1.29 is 14.3 Å². The number of aliphatic hydroxyl groups is 1. The predicted molar refractivity (Wildman–Crippen MR) is 98.6 cm³/mol. The molecule has 2 rings (SSSR count). The van der Waals surface area contributed by atoms with E-state index < -0.39 is 5.60 Å². The first kappa shape index (κ1) is 19.0. The molecule has 0 fully saturated rings. The van der Waals surface area contributed by atoms with Crippen molar-refractivity contribution in [3.63, 3.8) is 0 Å². The normalized spacial score (nSPS) is 11.6. The van der Waals surface area contributed by atoms with Gasteiger partial charge in [-0.3, -0.25) is 0 Å². The SMILES string of the molecule is CCN(CC(C)(C)O)C(=O)Nc1ccc(-c2ncc(C(C)C)o2)cc1. The number of urea groups is 1. The Morgan fingerprint density at radius 3 is 2.44 bits per heavy atom. The van der Waals surface area contributed by atoms with Crippen LogP contribution in [0.4, 0.5) is 10.5 Å². The molecule has 0 bridgehead atoms. The van der Waals surface area contributed by atoms with E-state index in [0.717, 1.165) is 11.3 Å². The Kier molecular flexibility index (Phi) is 5.85. The zero-order valence-corrected chi connectivity index (χ0v) is 15.5. The highest BCUT2D eigenvalue weighted by Gasteiger charge is 2.21. The maximum atomic E-state index is 12.3. The first-order valence-corrected chi connectivity index (χ1v) is 8.54. The lowest BCUT2D eigenvalue weighted by Gasteiger charge is -2.28. The number of anilines is 1. The Morgan fingerprint density at radius 1 is 1.32 bits per heavy atom. The molecule has 0 saturated carbocycles. The molecule has 0 aliphatic rings. The standard InChI is InChI=1S/C19H27N3O3/c1-6-22(12-19(4,5)24)18(23)21-15-9-7-14(8-10-15)17-20-11-16(25-17)13(2)3/h7-11,13,24H,6,12H2,1-5H3,(H,21,23). The van der Waals surface area contributed by atoms with Gasteiger partial charge in [0.1, 0.15) is 5.76 Å². The van der Waals surface area contributed by atoms with Gasteiger partial charge in [0, 0.05) is 23.7 Å². The number of rotatable bonds is 6. The molecule has 0 unspecified atom stereocenters. The summed E-state index contributed by atoms with van der Waals surface area (Å²) in [7, 11) is 0. The molecular formula is C19H27N3O3. The smallest absolute Gasteiger partial charge is 0.321 e. The second-order valence-electron chi connectivity index (χ2n) is 7.06. The topological polar surface area (TPSA) is 78.6 Å². The third-order valence-electron chi connectivity index (χ3n) is 3.72. The van der Waals surface area contributed by atoms with Crippen LogP contribution in [0, 0.1) is 0 Å². The van der Waals surface area contributed by atoms with Gasteiger partial charge in [0.05, 0.1) is 18.3 Å². The van der Waals surface area contributed by atoms with Gasteiger partial charge < -0.3 is 19.7 Å². The van der Waals surface area contributed by atoms with Gasteiger partial charge >= 0.3 is 6.03 Å². The van der Waals surface area contributed by atoms with Gasteiger partial charge in [0.25, 0.3) is 0 Å². The molecule has 0 aliphatic carbocycles. The summed E-state index contributed by atoms with van der Waals surface area (Å²) < 4.78 is 5.73. The Bertz CT molecular complexity index is 699. The number of nitrogens with zero attached hydrogens (tertiary/aromatic N) is 2. The maximum absolute atomic E-state index is 12.3. The molecule has 2 N–H and O–H groups in total. The van der Waals surface area contributed by atoms with Crippen LogP contribution in [0.15, 0.2) is 34.9 Å². The van der Waals surface area contributed by atoms with Crippen LogP contribution < -0.4 is 5.32 Å². The zero-order chi connectivity index (χ0) is 18.6. The van der Waals surface area contributed by atoms with Crippen molar-refractivity contribution in [1.82, 2.24) is 9.88 Å². The van der Waals surface area contributed by atoms with E-state index in [1.54, 1.807) is 24.9 Å². The lowest BCUT2D eigenvalue weighted by atomic mass is 10.1. The Hall–Kier alpha value is -2.34. The fourth-order valence-corrected chi connectivity index (χ4v) is 2.38. The molecule has 1 aromatic carbocycles. The lowest BCUT2D eigenvalue weighted by Crippen LogP contribution is -2.44. The van der Waals surface area contributed by atoms with Gasteiger partial charge in [-0.25, -0.2) is 9.78 Å². The number of aromatic nitrogens is 1. The van der Waals surface area contributed by atoms with E-state index in [9.17, 15) is 9.90 Å². The Balaban J connectivity index is 2.05. The molecule has 2 amide bonds. The molecule has 0 aliphatic heterocycles. The summed E-state index contributed by atoms with van der Waals surface area (Å²) in [4.78, 5) is 18.2. The maximum Gasteiger partial charge on any atom is 0.321 e. The number of carbonyl (C=O) groups is 1. The molecule has 0 spiro atoms. The first-order valence-electron chi connectivity index (χ1n) is 8.54. The average Bonchev–Trinajstić information content (AvgIpc) is 3.02. The van der Waals surface area contributed by atoms with Crippen LogP contribution in [0.1, 0.15) is 46.3 Å². The van der Waals surface area contributed by atoms with E-state index in [1.807, 2.05) is 31.2 Å². The van der Waals surface area contributed by atoms with Crippen molar-refractivity contribution in [3.05, 3.63) is 36.2 Å². The van der Waals surface area contributed by atoms with E-state index in [2.05, 4.69) is 24.1 Å². The monoisotopic (exact) mass is 345 g/mol.